The van der Waals surface area contributed by atoms with Crippen molar-refractivity contribution >= 4 is 45.8 Å². The quantitative estimate of drug-likeness (QED) is 0.525. The average Bonchev–Trinajstić information content (AvgIpc) is 3.04. The summed E-state index contributed by atoms with van der Waals surface area (Å²) in [5, 5.41) is 3.67. The van der Waals surface area contributed by atoms with Crippen LogP contribution in [0.3, 0.4) is 0 Å². The lowest BCUT2D eigenvalue weighted by Gasteiger charge is -2.10. The molecular weight excluding hydrogens is 383 g/mol. The van der Waals surface area contributed by atoms with Gasteiger partial charge in [0, 0.05) is 23.6 Å². The standard InChI is InChI=1S/C20H14Cl2N4O/c21-15-8-7-14(10-16(15)22)24-19(27)12-26-18-6-2-1-5-17(18)25-20(26)13-4-3-9-23-11-13/h1-11H,12H2,(H,24,27). The molecule has 0 unspecified atom stereocenters. The molecule has 134 valence electrons. The molecule has 0 fully saturated rings. The van der Waals surface area contributed by atoms with E-state index in [0.29, 0.717) is 21.6 Å². The van der Waals surface area contributed by atoms with Gasteiger partial charge < -0.3 is 9.88 Å². The summed E-state index contributed by atoms with van der Waals surface area (Å²) in [5.74, 6) is 0.496. The third-order valence-corrected chi connectivity index (χ3v) is 4.82. The molecule has 0 aliphatic heterocycles. The van der Waals surface area contributed by atoms with Crippen molar-refractivity contribution in [3.63, 3.8) is 0 Å². The summed E-state index contributed by atoms with van der Waals surface area (Å²) in [5.41, 5.74) is 3.12. The van der Waals surface area contributed by atoms with Crippen LogP contribution in [0.4, 0.5) is 5.69 Å². The van der Waals surface area contributed by atoms with E-state index in [-0.39, 0.29) is 12.5 Å². The number of pyridine rings is 1. The van der Waals surface area contributed by atoms with E-state index in [1.165, 1.54) is 0 Å². The van der Waals surface area contributed by atoms with Crippen molar-refractivity contribution in [3.8, 4) is 11.4 Å². The molecule has 5 nitrogen and oxygen atoms in total. The molecular formula is C20H14Cl2N4O. The first-order valence-electron chi connectivity index (χ1n) is 8.22. The fraction of sp³-hybridized carbons (Fsp3) is 0.0500. The molecule has 2 aromatic carbocycles. The lowest BCUT2D eigenvalue weighted by molar-refractivity contribution is -0.116. The SMILES string of the molecule is O=C(Cn1c(-c2cccnc2)nc2ccccc21)Nc1ccc(Cl)c(Cl)c1. The molecule has 27 heavy (non-hydrogen) atoms. The molecule has 4 rings (SSSR count). The van der Waals surface area contributed by atoms with Gasteiger partial charge in [-0.1, -0.05) is 35.3 Å². The summed E-state index contributed by atoms with van der Waals surface area (Å²) in [4.78, 5) is 21.5. The van der Waals surface area contributed by atoms with Crippen LogP contribution in [0.5, 0.6) is 0 Å². The van der Waals surface area contributed by atoms with Crippen molar-refractivity contribution in [2.75, 3.05) is 5.32 Å². The van der Waals surface area contributed by atoms with Crippen LogP contribution in [0.25, 0.3) is 22.4 Å². The predicted molar refractivity (Wildman–Crippen MR) is 108 cm³/mol. The van der Waals surface area contributed by atoms with Crippen LogP contribution in [-0.2, 0) is 11.3 Å². The van der Waals surface area contributed by atoms with E-state index in [1.807, 2.05) is 41.0 Å². The van der Waals surface area contributed by atoms with Gasteiger partial charge in [0.15, 0.2) is 0 Å². The van der Waals surface area contributed by atoms with Gasteiger partial charge in [0.05, 0.1) is 21.1 Å². The van der Waals surface area contributed by atoms with Crippen LogP contribution in [-0.4, -0.2) is 20.4 Å². The third-order valence-electron chi connectivity index (χ3n) is 4.08. The summed E-state index contributed by atoms with van der Waals surface area (Å²) >= 11 is 11.9. The van der Waals surface area contributed by atoms with Crippen molar-refractivity contribution in [1.82, 2.24) is 14.5 Å². The van der Waals surface area contributed by atoms with E-state index in [1.54, 1.807) is 30.6 Å². The molecule has 2 aromatic heterocycles. The molecule has 0 aliphatic carbocycles. The van der Waals surface area contributed by atoms with Gasteiger partial charge in [0.25, 0.3) is 0 Å². The van der Waals surface area contributed by atoms with Crippen molar-refractivity contribution in [1.29, 1.82) is 0 Å². The summed E-state index contributed by atoms with van der Waals surface area (Å²) in [6.45, 7) is 0.102. The second kappa shape index (κ2) is 7.39. The number of benzene rings is 2. The number of anilines is 1. The Kier molecular flexibility index (Phi) is 4.79. The zero-order valence-electron chi connectivity index (χ0n) is 14.1. The van der Waals surface area contributed by atoms with Crippen molar-refractivity contribution < 1.29 is 4.79 Å². The number of halogens is 2. The number of hydrogen-bond acceptors (Lipinski definition) is 3. The molecule has 2 heterocycles. The Labute approximate surface area is 165 Å². The number of aromatic nitrogens is 3. The normalized spacial score (nSPS) is 10.9. The lowest BCUT2D eigenvalue weighted by Crippen LogP contribution is -2.19. The molecule has 4 aromatic rings. The number of rotatable bonds is 4. The van der Waals surface area contributed by atoms with Crippen molar-refractivity contribution in [2.45, 2.75) is 6.54 Å². The first kappa shape index (κ1) is 17.5. The zero-order chi connectivity index (χ0) is 18.8. The molecule has 0 spiro atoms. The minimum absolute atomic E-state index is 0.102. The maximum absolute atomic E-state index is 12.7. The lowest BCUT2D eigenvalue weighted by atomic mass is 10.2. The highest BCUT2D eigenvalue weighted by Gasteiger charge is 2.15. The monoisotopic (exact) mass is 396 g/mol. The number of imidazole rings is 1. The molecule has 0 aliphatic rings. The Bertz CT molecular complexity index is 1130. The van der Waals surface area contributed by atoms with Crippen molar-refractivity contribution in [2.24, 2.45) is 0 Å². The van der Waals surface area contributed by atoms with Gasteiger partial charge >= 0.3 is 0 Å². The third kappa shape index (κ3) is 3.65. The molecule has 1 N–H and O–H groups in total. The molecule has 1 amide bonds. The summed E-state index contributed by atoms with van der Waals surface area (Å²) in [6.07, 6.45) is 3.43. The summed E-state index contributed by atoms with van der Waals surface area (Å²) < 4.78 is 1.87. The number of hydrogen-bond donors (Lipinski definition) is 1. The van der Waals surface area contributed by atoms with Gasteiger partial charge in [-0.3, -0.25) is 9.78 Å². The highest BCUT2D eigenvalue weighted by molar-refractivity contribution is 6.42. The van der Waals surface area contributed by atoms with Crippen LogP contribution < -0.4 is 5.32 Å². The van der Waals surface area contributed by atoms with E-state index < -0.39 is 0 Å². The second-order valence-electron chi connectivity index (χ2n) is 5.93. The van der Waals surface area contributed by atoms with Gasteiger partial charge in [-0.25, -0.2) is 4.98 Å². The largest absolute Gasteiger partial charge is 0.324 e. The van der Waals surface area contributed by atoms with E-state index in [0.717, 1.165) is 16.6 Å². The number of amides is 1. The number of nitrogens with one attached hydrogen (secondary N) is 1. The van der Waals surface area contributed by atoms with E-state index in [4.69, 9.17) is 23.2 Å². The van der Waals surface area contributed by atoms with Crippen molar-refractivity contribution in [3.05, 3.63) is 77.0 Å². The molecule has 0 radical (unpaired) electrons. The second-order valence-corrected chi connectivity index (χ2v) is 6.74. The first-order chi connectivity index (χ1) is 13.1. The Morgan fingerprint density at radius 3 is 2.67 bits per heavy atom. The fourth-order valence-corrected chi connectivity index (χ4v) is 3.17. The van der Waals surface area contributed by atoms with Gasteiger partial charge in [0.2, 0.25) is 5.91 Å². The van der Waals surface area contributed by atoms with E-state index in [9.17, 15) is 4.79 Å². The Morgan fingerprint density at radius 1 is 1.04 bits per heavy atom. The molecule has 0 saturated heterocycles. The minimum atomic E-state index is -0.193. The summed E-state index contributed by atoms with van der Waals surface area (Å²) in [7, 11) is 0. The van der Waals surface area contributed by atoms with Gasteiger partial charge in [-0.05, 0) is 42.5 Å². The number of para-hydroxylation sites is 2. The van der Waals surface area contributed by atoms with Gasteiger partial charge in [-0.2, -0.15) is 0 Å². The van der Waals surface area contributed by atoms with E-state index in [2.05, 4.69) is 15.3 Å². The molecule has 0 atom stereocenters. The average molecular weight is 397 g/mol. The van der Waals surface area contributed by atoms with E-state index >= 15 is 0 Å². The number of fused-ring (bicyclic) bond motifs is 1. The maximum Gasteiger partial charge on any atom is 0.244 e. The Morgan fingerprint density at radius 2 is 1.89 bits per heavy atom. The number of nitrogens with zero attached hydrogens (tertiary/aromatic N) is 3. The zero-order valence-corrected chi connectivity index (χ0v) is 15.6. The Balaban J connectivity index is 1.68. The van der Waals surface area contributed by atoms with Crippen LogP contribution >= 0.6 is 23.2 Å². The first-order valence-corrected chi connectivity index (χ1v) is 8.98. The number of carbonyl (C=O) groups excluding carboxylic acids is 1. The van der Waals surface area contributed by atoms with Gasteiger partial charge in [0.1, 0.15) is 12.4 Å². The highest BCUT2D eigenvalue weighted by atomic mass is 35.5. The smallest absolute Gasteiger partial charge is 0.244 e. The van der Waals surface area contributed by atoms with Crippen LogP contribution in [0.1, 0.15) is 0 Å². The maximum atomic E-state index is 12.7. The topological polar surface area (TPSA) is 59.8 Å². The fourth-order valence-electron chi connectivity index (χ4n) is 2.87. The van der Waals surface area contributed by atoms with Crippen LogP contribution in [0.15, 0.2) is 67.0 Å². The van der Waals surface area contributed by atoms with Crippen LogP contribution in [0.2, 0.25) is 10.0 Å². The van der Waals surface area contributed by atoms with Crippen LogP contribution in [0, 0.1) is 0 Å². The summed E-state index contributed by atoms with van der Waals surface area (Å²) in [6, 6.07) is 16.4. The highest BCUT2D eigenvalue weighted by Crippen LogP contribution is 2.26. The molecule has 0 bridgehead atoms. The Hall–Kier alpha value is -2.89. The molecule has 7 heteroatoms. The predicted octanol–water partition coefficient (Wildman–Crippen LogP) is 5.04. The van der Waals surface area contributed by atoms with Gasteiger partial charge in [-0.15, -0.1) is 0 Å². The molecule has 0 saturated carbocycles. The minimum Gasteiger partial charge on any atom is -0.324 e. The number of carbonyl (C=O) groups is 1.